The van der Waals surface area contributed by atoms with Gasteiger partial charge in [-0.1, -0.05) is 24.3 Å². The molecule has 0 unspecified atom stereocenters. The van der Waals surface area contributed by atoms with Crippen LogP contribution in [0.3, 0.4) is 0 Å². The second-order valence-corrected chi connectivity index (χ2v) is 6.93. The Morgan fingerprint density at radius 1 is 1.19 bits per heavy atom. The molecule has 1 fully saturated rings. The highest BCUT2D eigenvalue weighted by Gasteiger charge is 2.24. The third kappa shape index (κ3) is 3.11. The standard InChI is InChI=1S/C20H17N3O2S/c1-23-12-13(16-8-3-4-9-17(16)23)10-18-19(24)22-20(26-18)21-14-6-5-7-15(11-14)25-2/h3-12H,1-2H3,(H,21,22,24)/b18-10-. The van der Waals surface area contributed by atoms with Crippen LogP contribution in [-0.4, -0.2) is 22.8 Å². The van der Waals surface area contributed by atoms with Crippen molar-refractivity contribution in [3.8, 4) is 5.75 Å². The van der Waals surface area contributed by atoms with Gasteiger partial charge in [-0.3, -0.25) is 4.79 Å². The van der Waals surface area contributed by atoms with Gasteiger partial charge in [-0.15, -0.1) is 0 Å². The van der Waals surface area contributed by atoms with Crippen molar-refractivity contribution in [3.05, 3.63) is 65.2 Å². The molecule has 5 nitrogen and oxygen atoms in total. The lowest BCUT2D eigenvalue weighted by atomic mass is 10.1. The van der Waals surface area contributed by atoms with Gasteiger partial charge >= 0.3 is 0 Å². The number of carbonyl (C=O) groups excluding carboxylic acids is 1. The van der Waals surface area contributed by atoms with E-state index in [-0.39, 0.29) is 5.91 Å². The largest absolute Gasteiger partial charge is 0.497 e. The number of benzene rings is 2. The predicted octanol–water partition coefficient (Wildman–Crippen LogP) is 4.08. The summed E-state index contributed by atoms with van der Waals surface area (Å²) >= 11 is 1.34. The zero-order valence-corrected chi connectivity index (χ0v) is 15.2. The number of hydrogen-bond acceptors (Lipinski definition) is 4. The van der Waals surface area contributed by atoms with E-state index in [0.717, 1.165) is 27.9 Å². The number of rotatable bonds is 3. The van der Waals surface area contributed by atoms with E-state index in [1.165, 1.54) is 11.8 Å². The smallest absolute Gasteiger partial charge is 0.264 e. The molecule has 0 bridgehead atoms. The number of para-hydroxylation sites is 1. The molecule has 1 aliphatic rings. The summed E-state index contributed by atoms with van der Waals surface area (Å²) in [5, 5.41) is 4.51. The van der Waals surface area contributed by atoms with E-state index in [1.807, 2.05) is 55.7 Å². The van der Waals surface area contributed by atoms with Crippen LogP contribution in [0.25, 0.3) is 17.0 Å². The van der Waals surface area contributed by atoms with Gasteiger partial charge in [-0.25, -0.2) is 4.99 Å². The summed E-state index contributed by atoms with van der Waals surface area (Å²) in [6.45, 7) is 0. The highest BCUT2D eigenvalue weighted by atomic mass is 32.2. The van der Waals surface area contributed by atoms with Crippen LogP contribution in [0.2, 0.25) is 0 Å². The van der Waals surface area contributed by atoms with E-state index < -0.39 is 0 Å². The van der Waals surface area contributed by atoms with Crippen molar-refractivity contribution in [3.63, 3.8) is 0 Å². The number of aryl methyl sites for hydroxylation is 1. The molecule has 2 aromatic carbocycles. The van der Waals surface area contributed by atoms with Crippen LogP contribution in [0, 0.1) is 0 Å². The Bertz CT molecular complexity index is 1070. The summed E-state index contributed by atoms with van der Waals surface area (Å²) in [7, 11) is 3.62. The second-order valence-electron chi connectivity index (χ2n) is 5.90. The van der Waals surface area contributed by atoms with Crippen LogP contribution < -0.4 is 10.1 Å². The van der Waals surface area contributed by atoms with Crippen molar-refractivity contribution in [2.24, 2.45) is 12.0 Å². The Hall–Kier alpha value is -2.99. The predicted molar refractivity (Wildman–Crippen MR) is 107 cm³/mol. The van der Waals surface area contributed by atoms with Crippen molar-refractivity contribution in [2.45, 2.75) is 0 Å². The second kappa shape index (κ2) is 6.72. The normalized spacial score (nSPS) is 17.2. The van der Waals surface area contributed by atoms with Crippen LogP contribution in [0.5, 0.6) is 5.75 Å². The zero-order chi connectivity index (χ0) is 18.1. The van der Waals surface area contributed by atoms with Gasteiger partial charge in [0.15, 0.2) is 5.17 Å². The number of nitrogens with one attached hydrogen (secondary N) is 1. The molecule has 26 heavy (non-hydrogen) atoms. The molecular formula is C20H17N3O2S. The molecule has 1 amide bonds. The first-order valence-electron chi connectivity index (χ1n) is 8.12. The summed E-state index contributed by atoms with van der Waals surface area (Å²) in [6, 6.07) is 15.6. The Morgan fingerprint density at radius 3 is 2.88 bits per heavy atom. The molecule has 0 atom stereocenters. The van der Waals surface area contributed by atoms with Crippen LogP contribution >= 0.6 is 11.8 Å². The van der Waals surface area contributed by atoms with E-state index in [9.17, 15) is 4.79 Å². The molecule has 0 radical (unpaired) electrons. The number of thioether (sulfide) groups is 1. The molecule has 6 heteroatoms. The highest BCUT2D eigenvalue weighted by molar-refractivity contribution is 8.18. The molecule has 1 N–H and O–H groups in total. The molecule has 130 valence electrons. The number of nitrogens with zero attached hydrogens (tertiary/aromatic N) is 2. The van der Waals surface area contributed by atoms with Crippen molar-refractivity contribution >= 4 is 45.5 Å². The summed E-state index contributed by atoms with van der Waals surface area (Å²) in [4.78, 5) is 17.5. The number of methoxy groups -OCH3 is 1. The SMILES string of the molecule is COc1cccc(N=C2NC(=O)/C(=C/c3cn(C)c4ccccc34)S2)c1. The minimum atomic E-state index is -0.135. The number of carbonyl (C=O) groups is 1. The van der Waals surface area contributed by atoms with E-state index in [1.54, 1.807) is 7.11 Å². The third-order valence-corrected chi connectivity index (χ3v) is 5.06. The quantitative estimate of drug-likeness (QED) is 0.714. The summed E-state index contributed by atoms with van der Waals surface area (Å²) in [5.41, 5.74) is 2.88. The van der Waals surface area contributed by atoms with Gasteiger partial charge in [0.25, 0.3) is 5.91 Å². The van der Waals surface area contributed by atoms with E-state index in [0.29, 0.717) is 10.1 Å². The monoisotopic (exact) mass is 363 g/mol. The Morgan fingerprint density at radius 2 is 2.04 bits per heavy atom. The first-order chi connectivity index (χ1) is 12.6. The fourth-order valence-corrected chi connectivity index (χ4v) is 3.74. The van der Waals surface area contributed by atoms with Gasteiger partial charge in [0, 0.05) is 35.8 Å². The molecule has 3 aromatic rings. The number of ether oxygens (including phenoxy) is 1. The van der Waals surface area contributed by atoms with Crippen LogP contribution in [0.15, 0.2) is 64.6 Å². The maximum absolute atomic E-state index is 12.3. The number of amidine groups is 1. The molecular weight excluding hydrogens is 346 g/mol. The molecule has 2 heterocycles. The van der Waals surface area contributed by atoms with E-state index in [2.05, 4.69) is 27.0 Å². The van der Waals surface area contributed by atoms with Gasteiger partial charge in [0.1, 0.15) is 5.75 Å². The average Bonchev–Trinajstić information content (AvgIpc) is 3.15. The van der Waals surface area contributed by atoms with Gasteiger partial charge < -0.3 is 14.6 Å². The number of fused-ring (bicyclic) bond motifs is 1. The maximum Gasteiger partial charge on any atom is 0.264 e. The molecule has 1 saturated heterocycles. The topological polar surface area (TPSA) is 55.6 Å². The highest BCUT2D eigenvalue weighted by Crippen LogP contribution is 2.31. The van der Waals surface area contributed by atoms with Gasteiger partial charge in [-0.05, 0) is 36.0 Å². The summed E-state index contributed by atoms with van der Waals surface area (Å²) in [5.74, 6) is 0.595. The Balaban J connectivity index is 1.65. The van der Waals surface area contributed by atoms with Crippen molar-refractivity contribution in [1.82, 2.24) is 9.88 Å². The number of hydrogen-bond donors (Lipinski definition) is 1. The first-order valence-corrected chi connectivity index (χ1v) is 8.93. The van der Waals surface area contributed by atoms with Crippen molar-refractivity contribution in [2.75, 3.05) is 7.11 Å². The maximum atomic E-state index is 12.3. The molecule has 4 rings (SSSR count). The molecule has 0 spiro atoms. The lowest BCUT2D eigenvalue weighted by molar-refractivity contribution is -0.115. The van der Waals surface area contributed by atoms with Gasteiger partial charge in [-0.2, -0.15) is 0 Å². The summed E-state index contributed by atoms with van der Waals surface area (Å²) in [6.07, 6.45) is 3.94. The minimum Gasteiger partial charge on any atom is -0.497 e. The fraction of sp³-hybridized carbons (Fsp3) is 0.100. The van der Waals surface area contributed by atoms with Crippen molar-refractivity contribution < 1.29 is 9.53 Å². The van der Waals surface area contributed by atoms with Crippen molar-refractivity contribution in [1.29, 1.82) is 0 Å². The number of aromatic nitrogens is 1. The zero-order valence-electron chi connectivity index (χ0n) is 14.4. The van der Waals surface area contributed by atoms with Crippen LogP contribution in [-0.2, 0) is 11.8 Å². The van der Waals surface area contributed by atoms with Crippen LogP contribution in [0.4, 0.5) is 5.69 Å². The first kappa shape index (κ1) is 16.5. The van der Waals surface area contributed by atoms with Crippen LogP contribution in [0.1, 0.15) is 5.56 Å². The Kier molecular flexibility index (Phi) is 4.26. The number of amides is 1. The third-order valence-electron chi connectivity index (χ3n) is 4.15. The molecule has 0 aliphatic carbocycles. The van der Waals surface area contributed by atoms with Gasteiger partial charge in [0.05, 0.1) is 17.7 Å². The number of aliphatic imine (C=N–C) groups is 1. The minimum absolute atomic E-state index is 0.135. The molecule has 1 aliphatic heterocycles. The lowest BCUT2D eigenvalue weighted by Crippen LogP contribution is -2.19. The lowest BCUT2D eigenvalue weighted by Gasteiger charge is -2.00. The summed E-state index contributed by atoms with van der Waals surface area (Å²) < 4.78 is 7.27. The van der Waals surface area contributed by atoms with E-state index >= 15 is 0 Å². The van der Waals surface area contributed by atoms with E-state index in [4.69, 9.17) is 4.74 Å². The average molecular weight is 363 g/mol. The fourth-order valence-electron chi connectivity index (χ4n) is 2.91. The molecule has 1 aromatic heterocycles. The van der Waals surface area contributed by atoms with Gasteiger partial charge in [0.2, 0.25) is 0 Å². The molecule has 0 saturated carbocycles. The Labute approximate surface area is 155 Å².